The van der Waals surface area contributed by atoms with Crippen LogP contribution in [0, 0.1) is 5.92 Å². The quantitative estimate of drug-likeness (QED) is 0.654. The maximum atomic E-state index is 5.83. The molecule has 2 aromatic rings. The highest BCUT2D eigenvalue weighted by molar-refractivity contribution is 5.35. The third-order valence-electron chi connectivity index (χ3n) is 4.28. The molecule has 21 heavy (non-hydrogen) atoms. The van der Waals surface area contributed by atoms with Gasteiger partial charge >= 0.3 is 0 Å². The van der Waals surface area contributed by atoms with Crippen LogP contribution in [0.4, 0.5) is 0 Å². The van der Waals surface area contributed by atoms with Crippen molar-refractivity contribution in [3.8, 4) is 5.75 Å². The van der Waals surface area contributed by atoms with E-state index in [2.05, 4.69) is 41.8 Å². The third kappa shape index (κ3) is 2.94. The number of benzene rings is 2. The molecule has 110 valence electrons. The van der Waals surface area contributed by atoms with Crippen LogP contribution in [0.3, 0.4) is 0 Å². The van der Waals surface area contributed by atoms with Crippen molar-refractivity contribution in [1.82, 2.24) is 5.43 Å². The van der Waals surface area contributed by atoms with Crippen LogP contribution in [0.25, 0.3) is 0 Å². The number of hydrogen-bond donors (Lipinski definition) is 2. The van der Waals surface area contributed by atoms with E-state index in [1.165, 1.54) is 16.7 Å². The van der Waals surface area contributed by atoms with Crippen LogP contribution < -0.4 is 16.0 Å². The molecule has 0 radical (unpaired) electrons. The van der Waals surface area contributed by atoms with E-state index in [-0.39, 0.29) is 6.04 Å². The zero-order chi connectivity index (χ0) is 14.7. The number of nitrogens with two attached hydrogens (primary N) is 1. The van der Waals surface area contributed by atoms with Gasteiger partial charge in [0.2, 0.25) is 0 Å². The van der Waals surface area contributed by atoms with Gasteiger partial charge in [0.05, 0.1) is 6.61 Å². The Hall–Kier alpha value is -1.84. The average molecular weight is 282 g/mol. The minimum Gasteiger partial charge on any atom is -0.494 e. The molecular weight excluding hydrogens is 260 g/mol. The van der Waals surface area contributed by atoms with Crippen molar-refractivity contribution in [2.75, 3.05) is 6.61 Å². The van der Waals surface area contributed by atoms with Gasteiger partial charge in [-0.05, 0) is 54.5 Å². The molecule has 3 heteroatoms. The van der Waals surface area contributed by atoms with Crippen LogP contribution in [0.15, 0.2) is 48.5 Å². The normalized spacial score (nSPS) is 15.7. The number of hydrogen-bond acceptors (Lipinski definition) is 3. The first-order valence-electron chi connectivity index (χ1n) is 7.57. The maximum absolute atomic E-state index is 5.83. The van der Waals surface area contributed by atoms with E-state index in [1.807, 2.05) is 19.1 Å². The second-order valence-electron chi connectivity index (χ2n) is 5.58. The van der Waals surface area contributed by atoms with Crippen molar-refractivity contribution in [1.29, 1.82) is 0 Å². The Morgan fingerprint density at radius 2 is 1.71 bits per heavy atom. The van der Waals surface area contributed by atoms with Gasteiger partial charge in [0.1, 0.15) is 5.75 Å². The second-order valence-corrected chi connectivity index (χ2v) is 5.58. The van der Waals surface area contributed by atoms with Gasteiger partial charge in [0.15, 0.2) is 0 Å². The number of nitrogens with one attached hydrogen (secondary N) is 1. The molecular formula is C18H22N2O. The lowest BCUT2D eigenvalue weighted by atomic mass is 9.91. The predicted molar refractivity (Wildman–Crippen MR) is 85.0 cm³/mol. The topological polar surface area (TPSA) is 47.3 Å². The summed E-state index contributed by atoms with van der Waals surface area (Å²) in [6, 6.07) is 17.1. The van der Waals surface area contributed by atoms with Crippen LogP contribution >= 0.6 is 0 Å². The summed E-state index contributed by atoms with van der Waals surface area (Å²) in [5.74, 6) is 7.25. The van der Waals surface area contributed by atoms with E-state index in [9.17, 15) is 0 Å². The number of rotatable bonds is 5. The predicted octanol–water partition coefficient (Wildman–Crippen LogP) is 3.00. The first-order chi connectivity index (χ1) is 10.3. The highest BCUT2D eigenvalue weighted by atomic mass is 16.5. The van der Waals surface area contributed by atoms with Crippen molar-refractivity contribution >= 4 is 0 Å². The van der Waals surface area contributed by atoms with Crippen molar-refractivity contribution in [2.45, 2.75) is 25.8 Å². The van der Waals surface area contributed by atoms with Gasteiger partial charge in [-0.1, -0.05) is 36.4 Å². The Balaban J connectivity index is 1.77. The van der Waals surface area contributed by atoms with E-state index >= 15 is 0 Å². The first kappa shape index (κ1) is 14.1. The van der Waals surface area contributed by atoms with Gasteiger partial charge in [0.25, 0.3) is 0 Å². The minimum absolute atomic E-state index is 0.174. The van der Waals surface area contributed by atoms with E-state index in [0.717, 1.165) is 18.6 Å². The van der Waals surface area contributed by atoms with Crippen molar-refractivity contribution in [3.63, 3.8) is 0 Å². The van der Waals surface area contributed by atoms with Crippen LogP contribution in [0.1, 0.15) is 29.7 Å². The highest BCUT2D eigenvalue weighted by Crippen LogP contribution is 2.35. The van der Waals surface area contributed by atoms with E-state index in [0.29, 0.717) is 12.5 Å². The lowest BCUT2D eigenvalue weighted by Crippen LogP contribution is -2.34. The summed E-state index contributed by atoms with van der Waals surface area (Å²) >= 11 is 0. The fraction of sp³-hybridized carbons (Fsp3) is 0.333. The second kappa shape index (κ2) is 6.29. The Bertz CT molecular complexity index is 569. The smallest absolute Gasteiger partial charge is 0.119 e. The largest absolute Gasteiger partial charge is 0.494 e. The first-order valence-corrected chi connectivity index (χ1v) is 7.57. The Kier molecular flexibility index (Phi) is 4.23. The Morgan fingerprint density at radius 1 is 1.10 bits per heavy atom. The molecule has 1 aliphatic rings. The van der Waals surface area contributed by atoms with E-state index in [1.54, 1.807) is 0 Å². The molecule has 0 aromatic heterocycles. The fourth-order valence-corrected chi connectivity index (χ4v) is 3.27. The molecule has 3 nitrogen and oxygen atoms in total. The van der Waals surface area contributed by atoms with Crippen molar-refractivity contribution in [3.05, 3.63) is 65.2 Å². The molecule has 1 unspecified atom stereocenters. The van der Waals surface area contributed by atoms with E-state index < -0.39 is 0 Å². The van der Waals surface area contributed by atoms with E-state index in [4.69, 9.17) is 10.6 Å². The SMILES string of the molecule is CCOc1ccc(C(NN)C2Cc3ccccc3C2)cc1. The van der Waals surface area contributed by atoms with Gasteiger partial charge in [-0.15, -0.1) is 0 Å². The summed E-state index contributed by atoms with van der Waals surface area (Å²) in [5.41, 5.74) is 7.13. The molecule has 3 rings (SSSR count). The molecule has 0 bridgehead atoms. The molecule has 3 N–H and O–H groups in total. The van der Waals surface area contributed by atoms with Gasteiger partial charge in [-0.25, -0.2) is 0 Å². The number of hydrazine groups is 1. The third-order valence-corrected chi connectivity index (χ3v) is 4.28. The molecule has 1 atom stereocenters. The molecule has 0 heterocycles. The Labute approximate surface area is 126 Å². The average Bonchev–Trinajstić information content (AvgIpc) is 2.93. The van der Waals surface area contributed by atoms with Gasteiger partial charge in [-0.3, -0.25) is 11.3 Å². The number of fused-ring (bicyclic) bond motifs is 1. The highest BCUT2D eigenvalue weighted by Gasteiger charge is 2.28. The molecule has 0 spiro atoms. The summed E-state index contributed by atoms with van der Waals surface area (Å²) in [6.07, 6.45) is 2.16. The summed E-state index contributed by atoms with van der Waals surface area (Å²) < 4.78 is 5.50. The van der Waals surface area contributed by atoms with Crippen LogP contribution in [-0.2, 0) is 12.8 Å². The standard InChI is InChI=1S/C18H22N2O/c1-2-21-17-9-7-13(8-10-17)18(20-19)16-11-14-5-3-4-6-15(14)12-16/h3-10,16,18,20H,2,11-12,19H2,1H3. The minimum atomic E-state index is 0.174. The summed E-state index contributed by atoms with van der Waals surface area (Å²) in [4.78, 5) is 0. The molecule has 2 aromatic carbocycles. The zero-order valence-corrected chi connectivity index (χ0v) is 12.4. The molecule has 0 fully saturated rings. The van der Waals surface area contributed by atoms with Crippen LogP contribution in [0.5, 0.6) is 5.75 Å². The fourth-order valence-electron chi connectivity index (χ4n) is 3.27. The lowest BCUT2D eigenvalue weighted by Gasteiger charge is -2.23. The number of ether oxygens (including phenoxy) is 1. The van der Waals surface area contributed by atoms with Crippen molar-refractivity contribution in [2.24, 2.45) is 11.8 Å². The summed E-state index contributed by atoms with van der Waals surface area (Å²) in [5, 5.41) is 0. The monoisotopic (exact) mass is 282 g/mol. The summed E-state index contributed by atoms with van der Waals surface area (Å²) in [7, 11) is 0. The van der Waals surface area contributed by atoms with Gasteiger partial charge in [0, 0.05) is 6.04 Å². The maximum Gasteiger partial charge on any atom is 0.119 e. The molecule has 0 saturated carbocycles. The van der Waals surface area contributed by atoms with Crippen molar-refractivity contribution < 1.29 is 4.74 Å². The van der Waals surface area contributed by atoms with Gasteiger partial charge < -0.3 is 4.74 Å². The Morgan fingerprint density at radius 3 is 2.24 bits per heavy atom. The molecule has 0 aliphatic heterocycles. The lowest BCUT2D eigenvalue weighted by molar-refractivity contribution is 0.339. The molecule has 0 amide bonds. The summed E-state index contributed by atoms with van der Waals surface area (Å²) in [6.45, 7) is 2.68. The zero-order valence-electron chi connectivity index (χ0n) is 12.4. The van der Waals surface area contributed by atoms with Gasteiger partial charge in [-0.2, -0.15) is 0 Å². The van der Waals surface area contributed by atoms with Crippen LogP contribution in [-0.4, -0.2) is 6.61 Å². The molecule has 0 saturated heterocycles. The van der Waals surface area contributed by atoms with Crippen LogP contribution in [0.2, 0.25) is 0 Å². The molecule has 1 aliphatic carbocycles.